The summed E-state index contributed by atoms with van der Waals surface area (Å²) in [6, 6.07) is 17.3. The molecule has 2 N–H and O–H groups in total. The Morgan fingerprint density at radius 3 is 2.30 bits per heavy atom. The highest BCUT2D eigenvalue weighted by Gasteiger charge is 2.15. The first-order chi connectivity index (χ1) is 14.6. The van der Waals surface area contributed by atoms with Crippen LogP contribution < -0.4 is 15.5 Å². The van der Waals surface area contributed by atoms with Crippen LogP contribution in [0.25, 0.3) is 0 Å². The summed E-state index contributed by atoms with van der Waals surface area (Å²) in [6.07, 6.45) is 3.38. The number of hydrogen-bond acceptors (Lipinski definition) is 5. The number of anilines is 4. The van der Waals surface area contributed by atoms with Gasteiger partial charge in [0.15, 0.2) is 0 Å². The van der Waals surface area contributed by atoms with E-state index >= 15 is 0 Å². The Bertz CT molecular complexity index is 1010. The first-order valence-electron chi connectivity index (χ1n) is 10.5. The lowest BCUT2D eigenvalue weighted by Crippen LogP contribution is -2.19. The Balaban J connectivity index is 1.41. The number of aromatic nitrogens is 2. The fourth-order valence-corrected chi connectivity index (χ4v) is 3.58. The predicted molar refractivity (Wildman–Crippen MR) is 122 cm³/mol. The van der Waals surface area contributed by atoms with E-state index in [0.29, 0.717) is 11.5 Å². The van der Waals surface area contributed by atoms with Crippen molar-refractivity contribution >= 4 is 29.0 Å². The number of rotatable bonds is 6. The summed E-state index contributed by atoms with van der Waals surface area (Å²) in [5.74, 6) is 1.45. The summed E-state index contributed by atoms with van der Waals surface area (Å²) in [5, 5.41) is 6.21. The molecule has 0 radical (unpaired) electrons. The summed E-state index contributed by atoms with van der Waals surface area (Å²) >= 11 is 0. The van der Waals surface area contributed by atoms with E-state index in [4.69, 9.17) is 0 Å². The first-order valence-corrected chi connectivity index (χ1v) is 10.5. The number of hydrogen-bond donors (Lipinski definition) is 2. The van der Waals surface area contributed by atoms with Gasteiger partial charge in [-0.2, -0.15) is 4.98 Å². The molecule has 154 valence electrons. The van der Waals surface area contributed by atoms with Gasteiger partial charge in [-0.1, -0.05) is 19.1 Å². The molecule has 1 aromatic heterocycles. The van der Waals surface area contributed by atoms with E-state index in [-0.39, 0.29) is 5.91 Å². The monoisotopic (exact) mass is 401 g/mol. The molecule has 2 heterocycles. The molecule has 4 rings (SSSR count). The number of aryl methyl sites for hydroxylation is 2. The topological polar surface area (TPSA) is 70.2 Å². The maximum absolute atomic E-state index is 12.4. The fraction of sp³-hybridized carbons (Fsp3) is 0.292. The van der Waals surface area contributed by atoms with Crippen LogP contribution in [0.1, 0.15) is 41.4 Å². The van der Waals surface area contributed by atoms with Crippen molar-refractivity contribution in [3.63, 3.8) is 0 Å². The highest BCUT2D eigenvalue weighted by Crippen LogP contribution is 2.22. The number of carbonyl (C=O) groups excluding carboxylic acids is 1. The number of nitrogens with zero attached hydrogens (tertiary/aromatic N) is 3. The molecule has 0 atom stereocenters. The van der Waals surface area contributed by atoms with Crippen LogP contribution in [0.15, 0.2) is 54.6 Å². The van der Waals surface area contributed by atoms with Crippen molar-refractivity contribution in [1.82, 2.24) is 9.97 Å². The van der Waals surface area contributed by atoms with E-state index in [1.54, 1.807) is 0 Å². The third-order valence-electron chi connectivity index (χ3n) is 5.29. The largest absolute Gasteiger partial charge is 0.356 e. The van der Waals surface area contributed by atoms with Crippen molar-refractivity contribution in [1.29, 1.82) is 0 Å². The molecule has 0 unspecified atom stereocenters. The molecule has 0 bridgehead atoms. The molecule has 2 aromatic carbocycles. The van der Waals surface area contributed by atoms with E-state index in [1.807, 2.05) is 61.5 Å². The summed E-state index contributed by atoms with van der Waals surface area (Å²) in [5.41, 5.74) is 4.42. The number of nitrogens with one attached hydrogen (secondary N) is 2. The van der Waals surface area contributed by atoms with Gasteiger partial charge in [-0.3, -0.25) is 4.79 Å². The molecule has 0 saturated carbocycles. The Kier molecular flexibility index (Phi) is 5.93. The van der Waals surface area contributed by atoms with E-state index < -0.39 is 0 Å². The second-order valence-electron chi connectivity index (χ2n) is 7.59. The molecule has 0 spiro atoms. The average Bonchev–Trinajstić information content (AvgIpc) is 3.30. The van der Waals surface area contributed by atoms with E-state index in [1.165, 1.54) is 18.4 Å². The lowest BCUT2D eigenvalue weighted by Gasteiger charge is -2.17. The Morgan fingerprint density at radius 2 is 1.63 bits per heavy atom. The van der Waals surface area contributed by atoms with Crippen LogP contribution >= 0.6 is 0 Å². The number of carbonyl (C=O) groups is 1. The van der Waals surface area contributed by atoms with Gasteiger partial charge < -0.3 is 15.5 Å². The molecule has 1 aliphatic rings. The fourth-order valence-electron chi connectivity index (χ4n) is 3.58. The van der Waals surface area contributed by atoms with Gasteiger partial charge in [0.2, 0.25) is 5.95 Å². The van der Waals surface area contributed by atoms with Gasteiger partial charge >= 0.3 is 0 Å². The SMILES string of the molecule is CCc1ccc(C(=O)Nc2ccc(Nc3nc(C)cc(N4CCCC4)n3)cc2)cc1. The third kappa shape index (κ3) is 4.76. The molecular formula is C24H27N5O. The van der Waals surface area contributed by atoms with Crippen molar-refractivity contribution in [3.05, 3.63) is 71.4 Å². The van der Waals surface area contributed by atoms with Crippen molar-refractivity contribution < 1.29 is 4.79 Å². The minimum Gasteiger partial charge on any atom is -0.356 e. The second-order valence-corrected chi connectivity index (χ2v) is 7.59. The van der Waals surface area contributed by atoms with Gasteiger partial charge in [0.05, 0.1) is 0 Å². The average molecular weight is 402 g/mol. The van der Waals surface area contributed by atoms with E-state index in [0.717, 1.165) is 42.4 Å². The standard InChI is InChI=1S/C24H27N5O/c1-3-18-6-8-19(9-7-18)23(30)26-20-10-12-21(13-11-20)27-24-25-17(2)16-22(28-24)29-14-4-5-15-29/h6-13,16H,3-5,14-15H2,1-2H3,(H,26,30)(H,25,27,28). The Labute approximate surface area is 177 Å². The second kappa shape index (κ2) is 8.95. The molecule has 6 nitrogen and oxygen atoms in total. The van der Waals surface area contributed by atoms with Crippen molar-refractivity contribution in [2.75, 3.05) is 28.6 Å². The lowest BCUT2D eigenvalue weighted by molar-refractivity contribution is 0.102. The molecule has 1 fully saturated rings. The van der Waals surface area contributed by atoms with Crippen LogP contribution in [0, 0.1) is 6.92 Å². The van der Waals surface area contributed by atoms with Crippen LogP contribution in [0.5, 0.6) is 0 Å². The highest BCUT2D eigenvalue weighted by molar-refractivity contribution is 6.04. The highest BCUT2D eigenvalue weighted by atomic mass is 16.1. The molecule has 3 aromatic rings. The van der Waals surface area contributed by atoms with E-state index in [2.05, 4.69) is 32.4 Å². The van der Waals surface area contributed by atoms with Gasteiger partial charge in [-0.05, 0) is 68.1 Å². The quantitative estimate of drug-likeness (QED) is 0.612. The zero-order chi connectivity index (χ0) is 20.9. The van der Waals surface area contributed by atoms with Crippen LogP contribution in [0.2, 0.25) is 0 Å². The van der Waals surface area contributed by atoms with Crippen LogP contribution in [0.3, 0.4) is 0 Å². The summed E-state index contributed by atoms with van der Waals surface area (Å²) in [4.78, 5) is 23.9. The van der Waals surface area contributed by atoms with Crippen molar-refractivity contribution in [2.45, 2.75) is 33.1 Å². The molecule has 6 heteroatoms. The number of benzene rings is 2. The molecule has 0 aliphatic carbocycles. The van der Waals surface area contributed by atoms with Gasteiger partial charge in [-0.25, -0.2) is 4.98 Å². The Morgan fingerprint density at radius 1 is 0.967 bits per heavy atom. The molecular weight excluding hydrogens is 374 g/mol. The first kappa shape index (κ1) is 19.9. The third-order valence-corrected chi connectivity index (χ3v) is 5.29. The minimum absolute atomic E-state index is 0.115. The van der Waals surface area contributed by atoms with Gasteiger partial charge in [0, 0.05) is 41.8 Å². The summed E-state index contributed by atoms with van der Waals surface area (Å²) in [6.45, 7) is 6.18. The lowest BCUT2D eigenvalue weighted by atomic mass is 10.1. The van der Waals surface area contributed by atoms with Gasteiger partial charge in [0.1, 0.15) is 5.82 Å². The maximum atomic E-state index is 12.4. The minimum atomic E-state index is -0.115. The van der Waals surface area contributed by atoms with Gasteiger partial charge in [-0.15, -0.1) is 0 Å². The maximum Gasteiger partial charge on any atom is 0.255 e. The smallest absolute Gasteiger partial charge is 0.255 e. The van der Waals surface area contributed by atoms with Gasteiger partial charge in [0.25, 0.3) is 5.91 Å². The number of amides is 1. The van der Waals surface area contributed by atoms with Crippen molar-refractivity contribution in [2.24, 2.45) is 0 Å². The van der Waals surface area contributed by atoms with Crippen LogP contribution in [-0.2, 0) is 6.42 Å². The van der Waals surface area contributed by atoms with E-state index in [9.17, 15) is 4.79 Å². The zero-order valence-corrected chi connectivity index (χ0v) is 17.5. The Hall–Kier alpha value is -3.41. The molecule has 30 heavy (non-hydrogen) atoms. The van der Waals surface area contributed by atoms with Crippen LogP contribution in [-0.4, -0.2) is 29.0 Å². The van der Waals surface area contributed by atoms with Crippen molar-refractivity contribution in [3.8, 4) is 0 Å². The summed E-state index contributed by atoms with van der Waals surface area (Å²) in [7, 11) is 0. The van der Waals surface area contributed by atoms with Crippen LogP contribution in [0.4, 0.5) is 23.1 Å². The molecule has 1 saturated heterocycles. The molecule has 1 aliphatic heterocycles. The summed E-state index contributed by atoms with van der Waals surface area (Å²) < 4.78 is 0. The zero-order valence-electron chi connectivity index (χ0n) is 17.5. The molecule has 1 amide bonds. The predicted octanol–water partition coefficient (Wildman–Crippen LogP) is 4.94. The normalized spacial score (nSPS) is 13.3.